The van der Waals surface area contributed by atoms with Crippen LogP contribution in [0, 0.1) is 0 Å². The maximum atomic E-state index is 12.6. The average molecular weight is 423 g/mol. The van der Waals surface area contributed by atoms with E-state index in [9.17, 15) is 18.0 Å². The van der Waals surface area contributed by atoms with Crippen LogP contribution in [0.5, 0.6) is 0 Å². The highest BCUT2D eigenvalue weighted by Crippen LogP contribution is 2.25. The van der Waals surface area contributed by atoms with Crippen molar-refractivity contribution < 1.29 is 22.7 Å². The number of nitrogens with zero attached hydrogens (tertiary/aromatic N) is 1. The monoisotopic (exact) mass is 422 g/mol. The van der Waals surface area contributed by atoms with Crippen molar-refractivity contribution in [2.24, 2.45) is 0 Å². The van der Waals surface area contributed by atoms with E-state index in [-0.39, 0.29) is 16.3 Å². The lowest BCUT2D eigenvalue weighted by molar-refractivity contribution is 0.0600. The molecular formula is C19H19ClN2O5S. The van der Waals surface area contributed by atoms with Gasteiger partial charge in [0.2, 0.25) is 10.0 Å². The molecule has 0 aromatic heterocycles. The van der Waals surface area contributed by atoms with Crippen LogP contribution in [0.15, 0.2) is 42.5 Å². The Balaban J connectivity index is 1.83. The number of hydrogen-bond donors (Lipinski definition) is 1. The molecule has 0 saturated carbocycles. The van der Waals surface area contributed by atoms with Crippen molar-refractivity contribution in [3.05, 3.63) is 58.6 Å². The third kappa shape index (κ3) is 4.28. The van der Waals surface area contributed by atoms with Gasteiger partial charge in [-0.3, -0.25) is 9.10 Å². The Morgan fingerprint density at radius 3 is 2.64 bits per heavy atom. The van der Waals surface area contributed by atoms with Crippen molar-refractivity contribution in [1.29, 1.82) is 0 Å². The molecule has 3 rings (SSSR count). The van der Waals surface area contributed by atoms with Crippen molar-refractivity contribution in [2.75, 3.05) is 29.0 Å². The number of halogens is 1. The van der Waals surface area contributed by atoms with Crippen molar-refractivity contribution in [1.82, 2.24) is 0 Å². The van der Waals surface area contributed by atoms with E-state index in [0.29, 0.717) is 29.9 Å². The minimum atomic E-state index is -3.37. The number of anilines is 2. The Morgan fingerprint density at radius 2 is 1.93 bits per heavy atom. The van der Waals surface area contributed by atoms with E-state index >= 15 is 0 Å². The zero-order valence-electron chi connectivity index (χ0n) is 15.1. The van der Waals surface area contributed by atoms with Gasteiger partial charge in [-0.15, -0.1) is 0 Å². The van der Waals surface area contributed by atoms with Gasteiger partial charge in [0.1, 0.15) is 0 Å². The van der Waals surface area contributed by atoms with E-state index in [1.807, 2.05) is 0 Å². The van der Waals surface area contributed by atoms with Crippen LogP contribution in [0.3, 0.4) is 0 Å². The fourth-order valence-electron chi connectivity index (χ4n) is 2.95. The Labute approximate surface area is 168 Å². The Hall–Kier alpha value is -2.58. The first kappa shape index (κ1) is 20.2. The quantitative estimate of drug-likeness (QED) is 0.763. The SMILES string of the molecule is COC(=O)c1cc(NC(=O)c2cccc(N3CCCCS3(=O)=O)c2)ccc1Cl. The number of amides is 1. The molecule has 1 aliphatic heterocycles. The predicted octanol–water partition coefficient (Wildman–Crippen LogP) is 3.31. The molecule has 1 saturated heterocycles. The topological polar surface area (TPSA) is 92.8 Å². The van der Waals surface area contributed by atoms with Gasteiger partial charge in [-0.1, -0.05) is 17.7 Å². The zero-order chi connectivity index (χ0) is 20.3. The van der Waals surface area contributed by atoms with Crippen LogP contribution in [-0.4, -0.2) is 39.7 Å². The first-order chi connectivity index (χ1) is 13.3. The fraction of sp³-hybridized carbons (Fsp3) is 0.263. The second kappa shape index (κ2) is 8.20. The summed E-state index contributed by atoms with van der Waals surface area (Å²) in [5, 5.41) is 2.89. The molecule has 1 amide bonds. The van der Waals surface area contributed by atoms with Crippen molar-refractivity contribution in [3.63, 3.8) is 0 Å². The summed E-state index contributed by atoms with van der Waals surface area (Å²) in [6.07, 6.45) is 1.41. The molecule has 1 N–H and O–H groups in total. The third-order valence-electron chi connectivity index (χ3n) is 4.38. The van der Waals surface area contributed by atoms with Gasteiger partial charge in [0.15, 0.2) is 0 Å². The normalized spacial score (nSPS) is 15.7. The molecule has 1 fully saturated rings. The third-order valence-corrected chi connectivity index (χ3v) is 6.57. The van der Waals surface area contributed by atoms with Crippen LogP contribution >= 0.6 is 11.6 Å². The number of sulfonamides is 1. The van der Waals surface area contributed by atoms with E-state index in [1.165, 1.54) is 29.6 Å². The summed E-state index contributed by atoms with van der Waals surface area (Å²) in [7, 11) is -2.13. The van der Waals surface area contributed by atoms with Gasteiger partial charge in [0.25, 0.3) is 5.91 Å². The highest BCUT2D eigenvalue weighted by molar-refractivity contribution is 7.92. The molecular weight excluding hydrogens is 404 g/mol. The number of hydrogen-bond acceptors (Lipinski definition) is 5. The van der Waals surface area contributed by atoms with Gasteiger partial charge in [-0.2, -0.15) is 0 Å². The van der Waals surface area contributed by atoms with E-state index in [2.05, 4.69) is 10.1 Å². The fourth-order valence-corrected chi connectivity index (χ4v) is 4.78. The van der Waals surface area contributed by atoms with Crippen LogP contribution in [-0.2, 0) is 14.8 Å². The van der Waals surface area contributed by atoms with Gasteiger partial charge in [0.05, 0.1) is 29.1 Å². The summed E-state index contributed by atoms with van der Waals surface area (Å²) in [6.45, 7) is 0.396. The Bertz CT molecular complexity index is 1020. The number of methoxy groups -OCH3 is 1. The lowest BCUT2D eigenvalue weighted by Gasteiger charge is -2.28. The largest absolute Gasteiger partial charge is 0.465 e. The number of carbonyl (C=O) groups is 2. The minimum absolute atomic E-state index is 0.102. The zero-order valence-corrected chi connectivity index (χ0v) is 16.7. The van der Waals surface area contributed by atoms with Crippen LogP contribution < -0.4 is 9.62 Å². The van der Waals surface area contributed by atoms with Crippen LogP contribution in [0.1, 0.15) is 33.6 Å². The molecule has 2 aromatic carbocycles. The molecule has 1 aliphatic rings. The number of benzene rings is 2. The number of nitrogens with one attached hydrogen (secondary N) is 1. The second-order valence-electron chi connectivity index (χ2n) is 6.29. The number of ether oxygens (including phenoxy) is 1. The van der Waals surface area contributed by atoms with Crippen LogP contribution in [0.25, 0.3) is 0 Å². The van der Waals surface area contributed by atoms with Gasteiger partial charge in [-0.25, -0.2) is 13.2 Å². The molecule has 0 unspecified atom stereocenters. The second-order valence-corrected chi connectivity index (χ2v) is 8.71. The van der Waals surface area contributed by atoms with Gasteiger partial charge >= 0.3 is 5.97 Å². The molecule has 0 aliphatic carbocycles. The summed E-state index contributed by atoms with van der Waals surface area (Å²) in [5.74, 6) is -0.947. The van der Waals surface area contributed by atoms with E-state index in [4.69, 9.17) is 11.6 Å². The summed E-state index contributed by atoms with van der Waals surface area (Å²) in [4.78, 5) is 24.4. The van der Waals surface area contributed by atoms with Gasteiger partial charge in [-0.05, 0) is 49.2 Å². The van der Waals surface area contributed by atoms with Crippen molar-refractivity contribution >= 4 is 44.9 Å². The van der Waals surface area contributed by atoms with E-state index in [1.54, 1.807) is 24.3 Å². The standard InChI is InChI=1S/C19H19ClN2O5S/c1-27-19(24)16-12-14(7-8-17(16)20)21-18(23)13-5-4-6-15(11-13)22-9-2-3-10-28(22,25)26/h4-8,11-12H,2-3,9-10H2,1H3,(H,21,23). The highest BCUT2D eigenvalue weighted by atomic mass is 35.5. The molecule has 0 radical (unpaired) electrons. The van der Waals surface area contributed by atoms with Crippen molar-refractivity contribution in [3.8, 4) is 0 Å². The Kier molecular flexibility index (Phi) is 5.90. The van der Waals surface area contributed by atoms with Crippen LogP contribution in [0.4, 0.5) is 11.4 Å². The maximum absolute atomic E-state index is 12.6. The summed E-state index contributed by atoms with van der Waals surface area (Å²) < 4.78 is 30.6. The highest BCUT2D eigenvalue weighted by Gasteiger charge is 2.26. The van der Waals surface area contributed by atoms with E-state index in [0.717, 1.165) is 6.42 Å². The predicted molar refractivity (Wildman–Crippen MR) is 108 cm³/mol. The molecule has 9 heteroatoms. The first-order valence-electron chi connectivity index (χ1n) is 8.61. The average Bonchev–Trinajstić information content (AvgIpc) is 2.68. The van der Waals surface area contributed by atoms with Crippen molar-refractivity contribution in [2.45, 2.75) is 12.8 Å². The molecule has 0 bridgehead atoms. The molecule has 1 heterocycles. The summed E-state index contributed by atoms with van der Waals surface area (Å²) >= 11 is 5.98. The maximum Gasteiger partial charge on any atom is 0.339 e. The molecule has 148 valence electrons. The van der Waals surface area contributed by atoms with Crippen LogP contribution in [0.2, 0.25) is 5.02 Å². The number of carbonyl (C=O) groups excluding carboxylic acids is 2. The first-order valence-corrected chi connectivity index (χ1v) is 10.6. The van der Waals surface area contributed by atoms with E-state index < -0.39 is 21.9 Å². The number of rotatable bonds is 4. The summed E-state index contributed by atoms with van der Waals surface area (Å²) in [6, 6.07) is 10.9. The summed E-state index contributed by atoms with van der Waals surface area (Å²) in [5.41, 5.74) is 1.26. The molecule has 2 aromatic rings. The lowest BCUT2D eigenvalue weighted by Crippen LogP contribution is -2.37. The molecule has 28 heavy (non-hydrogen) atoms. The smallest absolute Gasteiger partial charge is 0.339 e. The van der Waals surface area contributed by atoms with Gasteiger partial charge in [0, 0.05) is 17.8 Å². The molecule has 0 spiro atoms. The van der Waals surface area contributed by atoms with Gasteiger partial charge < -0.3 is 10.1 Å². The molecule has 0 atom stereocenters. The lowest BCUT2D eigenvalue weighted by atomic mass is 10.1. The molecule has 7 nitrogen and oxygen atoms in total. The minimum Gasteiger partial charge on any atom is -0.465 e. The Morgan fingerprint density at radius 1 is 1.14 bits per heavy atom. The number of esters is 1.